The molecule has 0 fully saturated rings. The van der Waals surface area contributed by atoms with E-state index in [0.29, 0.717) is 22.2 Å². The molecule has 0 saturated carbocycles. The lowest BCUT2D eigenvalue weighted by molar-refractivity contribution is -0.137. The Morgan fingerprint density at radius 2 is 1.78 bits per heavy atom. The summed E-state index contributed by atoms with van der Waals surface area (Å²) in [7, 11) is 0. The minimum absolute atomic E-state index is 0.151. The lowest BCUT2D eigenvalue weighted by Crippen LogP contribution is -2.35. The summed E-state index contributed by atoms with van der Waals surface area (Å²) in [6, 6.07) is 12.5. The third-order valence-corrected chi connectivity index (χ3v) is 4.75. The topological polar surface area (TPSA) is 49.4 Å². The number of nitrogens with one attached hydrogen (secondary N) is 1. The Morgan fingerprint density at radius 1 is 1.04 bits per heavy atom. The maximum absolute atomic E-state index is 13.1. The van der Waals surface area contributed by atoms with Gasteiger partial charge in [0.15, 0.2) is 0 Å². The van der Waals surface area contributed by atoms with Crippen LogP contribution in [0.15, 0.2) is 48.2 Å². The number of hydrogen-bond acceptors (Lipinski definition) is 3. The zero-order chi connectivity index (χ0) is 19.7. The molecule has 27 heavy (non-hydrogen) atoms. The van der Waals surface area contributed by atoms with Crippen LogP contribution in [0, 0.1) is 12.8 Å². The van der Waals surface area contributed by atoms with Gasteiger partial charge in [-0.15, -0.1) is 0 Å². The zero-order valence-electron chi connectivity index (χ0n) is 15.3. The number of rotatable bonds is 5. The molecule has 1 aliphatic heterocycles. The summed E-state index contributed by atoms with van der Waals surface area (Å²) < 4.78 is 0. The lowest BCUT2D eigenvalue weighted by atomic mass is 10.0. The first-order chi connectivity index (χ1) is 12.8. The Bertz CT molecular complexity index is 951. The molecule has 4 nitrogen and oxygen atoms in total. The highest BCUT2D eigenvalue weighted by atomic mass is 35.5. The average molecular weight is 403 g/mol. The minimum atomic E-state index is -0.354. The van der Waals surface area contributed by atoms with Crippen molar-refractivity contribution >= 4 is 46.3 Å². The van der Waals surface area contributed by atoms with E-state index in [0.717, 1.165) is 11.3 Å². The van der Waals surface area contributed by atoms with E-state index >= 15 is 0 Å². The Labute approximate surface area is 168 Å². The van der Waals surface area contributed by atoms with E-state index in [-0.39, 0.29) is 29.0 Å². The highest BCUT2D eigenvalue weighted by molar-refractivity contribution is 6.41. The molecule has 2 aromatic carbocycles. The van der Waals surface area contributed by atoms with Gasteiger partial charge in [-0.25, -0.2) is 0 Å². The third-order valence-electron chi connectivity index (χ3n) is 4.20. The van der Waals surface area contributed by atoms with Gasteiger partial charge in [-0.2, -0.15) is 0 Å². The van der Waals surface area contributed by atoms with Crippen molar-refractivity contribution in [3.8, 4) is 0 Å². The first-order valence-corrected chi connectivity index (χ1v) is 9.43. The molecule has 3 rings (SSSR count). The van der Waals surface area contributed by atoms with Crippen molar-refractivity contribution in [2.45, 2.75) is 20.8 Å². The van der Waals surface area contributed by atoms with Crippen molar-refractivity contribution in [2.24, 2.45) is 5.92 Å². The second-order valence-electron chi connectivity index (χ2n) is 6.98. The van der Waals surface area contributed by atoms with Gasteiger partial charge in [-0.1, -0.05) is 55.2 Å². The van der Waals surface area contributed by atoms with Crippen LogP contribution in [0.5, 0.6) is 0 Å². The summed E-state index contributed by atoms with van der Waals surface area (Å²) in [5.74, 6) is -0.553. The molecule has 0 aliphatic carbocycles. The SMILES string of the molecule is Cc1cccc(NC2=C(c3ccc(Cl)cc3Cl)C(=O)N(CC(C)C)C2=O)c1. The van der Waals surface area contributed by atoms with Crippen LogP contribution >= 0.6 is 23.2 Å². The molecule has 2 aromatic rings. The van der Waals surface area contributed by atoms with Crippen LogP contribution in [-0.4, -0.2) is 23.3 Å². The first-order valence-electron chi connectivity index (χ1n) is 8.67. The number of aryl methyl sites for hydroxylation is 1. The number of anilines is 1. The lowest BCUT2D eigenvalue weighted by Gasteiger charge is -2.17. The fraction of sp³-hybridized carbons (Fsp3) is 0.238. The predicted molar refractivity (Wildman–Crippen MR) is 110 cm³/mol. The Kier molecular flexibility index (Phi) is 5.59. The fourth-order valence-electron chi connectivity index (χ4n) is 3.03. The number of carbonyl (C=O) groups is 2. The molecule has 0 radical (unpaired) electrons. The number of hydrogen-bond donors (Lipinski definition) is 1. The smallest absolute Gasteiger partial charge is 0.278 e. The van der Waals surface area contributed by atoms with Gasteiger partial charge in [0.1, 0.15) is 5.70 Å². The molecular weight excluding hydrogens is 383 g/mol. The van der Waals surface area contributed by atoms with E-state index in [9.17, 15) is 9.59 Å². The second-order valence-corrected chi connectivity index (χ2v) is 7.83. The monoisotopic (exact) mass is 402 g/mol. The molecule has 0 unspecified atom stereocenters. The summed E-state index contributed by atoms with van der Waals surface area (Å²) in [6.07, 6.45) is 0. The van der Waals surface area contributed by atoms with Crippen LogP contribution in [-0.2, 0) is 9.59 Å². The molecular formula is C21H20Cl2N2O2. The van der Waals surface area contributed by atoms with Crippen LogP contribution in [0.4, 0.5) is 5.69 Å². The van der Waals surface area contributed by atoms with Gasteiger partial charge in [-0.05, 0) is 42.7 Å². The molecule has 0 bridgehead atoms. The van der Waals surface area contributed by atoms with Crippen LogP contribution in [0.3, 0.4) is 0 Å². The molecule has 0 aromatic heterocycles. The summed E-state index contributed by atoms with van der Waals surface area (Å²) in [5.41, 5.74) is 2.77. The van der Waals surface area contributed by atoms with Crippen molar-refractivity contribution < 1.29 is 9.59 Å². The Balaban J connectivity index is 2.12. The molecule has 1 N–H and O–H groups in total. The van der Waals surface area contributed by atoms with Gasteiger partial charge in [0.2, 0.25) is 0 Å². The fourth-order valence-corrected chi connectivity index (χ4v) is 3.54. The van der Waals surface area contributed by atoms with Gasteiger partial charge in [-0.3, -0.25) is 14.5 Å². The number of halogens is 2. The predicted octanol–water partition coefficient (Wildman–Crippen LogP) is 5.15. The largest absolute Gasteiger partial charge is 0.350 e. The molecule has 140 valence electrons. The van der Waals surface area contributed by atoms with Crippen LogP contribution in [0.2, 0.25) is 10.0 Å². The minimum Gasteiger partial charge on any atom is -0.350 e. The van der Waals surface area contributed by atoms with Gasteiger partial charge in [0, 0.05) is 22.8 Å². The quantitative estimate of drug-likeness (QED) is 0.703. The van der Waals surface area contributed by atoms with E-state index in [1.807, 2.05) is 45.0 Å². The highest BCUT2D eigenvalue weighted by Crippen LogP contribution is 2.35. The number of carbonyl (C=O) groups excluding carboxylic acids is 2. The Hall–Kier alpha value is -2.30. The maximum Gasteiger partial charge on any atom is 0.278 e. The van der Waals surface area contributed by atoms with Crippen molar-refractivity contribution in [1.29, 1.82) is 0 Å². The number of nitrogens with zero attached hydrogens (tertiary/aromatic N) is 1. The van der Waals surface area contributed by atoms with Gasteiger partial charge < -0.3 is 5.32 Å². The number of imide groups is 1. The number of amides is 2. The molecule has 0 atom stereocenters. The number of benzene rings is 2. The molecule has 0 saturated heterocycles. The van der Waals surface area contributed by atoms with Crippen LogP contribution in [0.25, 0.3) is 5.57 Å². The summed E-state index contributed by atoms with van der Waals surface area (Å²) in [4.78, 5) is 27.4. The van der Waals surface area contributed by atoms with Crippen LogP contribution < -0.4 is 5.32 Å². The van der Waals surface area contributed by atoms with Crippen LogP contribution in [0.1, 0.15) is 25.0 Å². The first kappa shape index (κ1) is 19.5. The zero-order valence-corrected chi connectivity index (χ0v) is 16.9. The second kappa shape index (κ2) is 7.75. The summed E-state index contributed by atoms with van der Waals surface area (Å²) in [5, 5.41) is 3.92. The van der Waals surface area contributed by atoms with Crippen molar-refractivity contribution in [3.05, 3.63) is 69.3 Å². The third kappa shape index (κ3) is 4.02. The standard InChI is InChI=1S/C21H20Cl2N2O2/c1-12(2)11-25-20(26)18(16-8-7-14(22)10-17(16)23)19(21(25)27)24-15-6-4-5-13(3)9-15/h4-10,12,24H,11H2,1-3H3. The van der Waals surface area contributed by atoms with E-state index < -0.39 is 0 Å². The van der Waals surface area contributed by atoms with E-state index in [4.69, 9.17) is 23.2 Å². The average Bonchev–Trinajstić information content (AvgIpc) is 2.80. The van der Waals surface area contributed by atoms with Crippen molar-refractivity contribution in [3.63, 3.8) is 0 Å². The maximum atomic E-state index is 13.1. The van der Waals surface area contributed by atoms with Gasteiger partial charge in [0.05, 0.1) is 10.6 Å². The van der Waals surface area contributed by atoms with Gasteiger partial charge >= 0.3 is 0 Å². The van der Waals surface area contributed by atoms with E-state index in [2.05, 4.69) is 5.32 Å². The van der Waals surface area contributed by atoms with Gasteiger partial charge in [0.25, 0.3) is 11.8 Å². The molecule has 1 heterocycles. The highest BCUT2D eigenvalue weighted by Gasteiger charge is 2.40. The molecule has 6 heteroatoms. The van der Waals surface area contributed by atoms with E-state index in [1.165, 1.54) is 4.90 Å². The molecule has 1 aliphatic rings. The summed E-state index contributed by atoms with van der Waals surface area (Å²) >= 11 is 12.3. The summed E-state index contributed by atoms with van der Waals surface area (Å²) in [6.45, 7) is 6.22. The van der Waals surface area contributed by atoms with Crippen molar-refractivity contribution in [1.82, 2.24) is 4.90 Å². The molecule has 0 spiro atoms. The van der Waals surface area contributed by atoms with E-state index in [1.54, 1.807) is 18.2 Å². The molecule has 2 amide bonds. The normalized spacial score (nSPS) is 14.5. The Morgan fingerprint density at radius 3 is 2.41 bits per heavy atom. The van der Waals surface area contributed by atoms with Crippen molar-refractivity contribution in [2.75, 3.05) is 11.9 Å².